The number of carbonyl (C=O) groups excluding carboxylic acids is 1. The highest BCUT2D eigenvalue weighted by Crippen LogP contribution is 2.32. The zero-order valence-electron chi connectivity index (χ0n) is 14.0. The van der Waals surface area contributed by atoms with Gasteiger partial charge in [-0.25, -0.2) is 4.98 Å². The van der Waals surface area contributed by atoms with Crippen LogP contribution >= 0.6 is 27.3 Å². The van der Waals surface area contributed by atoms with Crippen molar-refractivity contribution in [3.8, 4) is 0 Å². The van der Waals surface area contributed by atoms with E-state index in [4.69, 9.17) is 11.6 Å². The van der Waals surface area contributed by atoms with Crippen LogP contribution in [0.25, 0.3) is 10.9 Å². The maximum atomic E-state index is 12.8. The minimum Gasteiger partial charge on any atom is -0.382 e. The van der Waals surface area contributed by atoms with Crippen LogP contribution in [0.4, 0.5) is 18.2 Å². The number of nitrogens with zero attached hydrogens (tertiary/aromatic N) is 2. The summed E-state index contributed by atoms with van der Waals surface area (Å²) in [5.74, 6) is 4.88. The zero-order chi connectivity index (χ0) is 20.5. The molecule has 0 fully saturated rings. The normalized spacial score (nSPS) is 12.4. The molecule has 2 aromatic heterocycles. The molecule has 0 radical (unpaired) electrons. The van der Waals surface area contributed by atoms with Crippen molar-refractivity contribution in [1.29, 1.82) is 0 Å². The van der Waals surface area contributed by atoms with Crippen molar-refractivity contribution in [2.45, 2.75) is 12.6 Å². The van der Waals surface area contributed by atoms with Gasteiger partial charge >= 0.3 is 6.18 Å². The fourth-order valence-electron chi connectivity index (χ4n) is 2.52. The van der Waals surface area contributed by atoms with Gasteiger partial charge in [0, 0.05) is 15.2 Å². The Hall–Kier alpha value is -2.66. The number of thiophene rings is 1. The average molecular weight is 472 g/mol. The third-order valence-corrected chi connectivity index (χ3v) is 5.63. The number of amidine groups is 1. The molecular weight excluding hydrogens is 459 g/mol. The highest BCUT2D eigenvalue weighted by atomic mass is 79.9. The number of halogens is 4. The second-order valence-corrected chi connectivity index (χ2v) is 7.48. The Morgan fingerprint density at radius 2 is 2.00 bits per heavy atom. The van der Waals surface area contributed by atoms with Crippen molar-refractivity contribution in [3.05, 3.63) is 57.0 Å². The number of hydrogen-bond donors (Lipinski definition) is 3. The summed E-state index contributed by atoms with van der Waals surface area (Å²) in [7, 11) is 0. The van der Waals surface area contributed by atoms with Gasteiger partial charge in [-0.1, -0.05) is 18.2 Å². The first-order valence-electron chi connectivity index (χ1n) is 7.76. The Morgan fingerprint density at radius 1 is 1.29 bits per heavy atom. The third-order valence-electron chi connectivity index (χ3n) is 3.81. The Balaban J connectivity index is 1.82. The molecule has 146 valence electrons. The van der Waals surface area contributed by atoms with Gasteiger partial charge in [0.25, 0.3) is 0 Å². The summed E-state index contributed by atoms with van der Waals surface area (Å²) < 4.78 is 39.2. The molecule has 1 aromatic carbocycles. The van der Waals surface area contributed by atoms with Crippen molar-refractivity contribution in [1.82, 2.24) is 4.98 Å². The first-order chi connectivity index (χ1) is 13.2. The Kier molecular flexibility index (Phi) is 5.57. The number of pyridine rings is 1. The van der Waals surface area contributed by atoms with Gasteiger partial charge in [0.2, 0.25) is 5.91 Å². The molecule has 0 aliphatic heterocycles. The third kappa shape index (κ3) is 4.25. The maximum absolute atomic E-state index is 12.8. The van der Waals surface area contributed by atoms with Gasteiger partial charge in [-0.15, -0.1) is 11.3 Å². The Bertz CT molecular complexity index is 1080. The number of benzene rings is 1. The van der Waals surface area contributed by atoms with Crippen LogP contribution in [0.1, 0.15) is 16.8 Å². The number of aromatic nitrogens is 1. The van der Waals surface area contributed by atoms with Crippen LogP contribution in [0.5, 0.6) is 0 Å². The molecule has 0 aliphatic rings. The molecule has 6 nitrogen and oxygen atoms in total. The van der Waals surface area contributed by atoms with Crippen molar-refractivity contribution in [2.24, 2.45) is 16.7 Å². The van der Waals surface area contributed by atoms with Crippen LogP contribution in [0.2, 0.25) is 0 Å². The lowest BCUT2D eigenvalue weighted by Gasteiger charge is -2.09. The van der Waals surface area contributed by atoms with E-state index < -0.39 is 11.9 Å². The van der Waals surface area contributed by atoms with Crippen LogP contribution in [-0.4, -0.2) is 16.7 Å². The fourth-order valence-corrected chi connectivity index (χ4v) is 4.18. The lowest BCUT2D eigenvalue weighted by molar-refractivity contribution is -0.141. The molecule has 1 amide bonds. The van der Waals surface area contributed by atoms with Gasteiger partial charge in [-0.2, -0.15) is 18.3 Å². The van der Waals surface area contributed by atoms with Crippen molar-refractivity contribution in [3.63, 3.8) is 0 Å². The molecule has 3 rings (SSSR count). The van der Waals surface area contributed by atoms with Gasteiger partial charge in [0.1, 0.15) is 10.7 Å². The lowest BCUT2D eigenvalue weighted by atomic mass is 10.1. The van der Waals surface area contributed by atoms with Gasteiger partial charge in [0.05, 0.1) is 17.5 Å². The number of carbonyl (C=O) groups is 1. The Morgan fingerprint density at radius 3 is 2.68 bits per heavy atom. The number of hydrazone groups is 1. The van der Waals surface area contributed by atoms with E-state index in [1.807, 2.05) is 0 Å². The van der Waals surface area contributed by atoms with E-state index in [0.29, 0.717) is 26.0 Å². The molecule has 0 saturated carbocycles. The largest absolute Gasteiger partial charge is 0.433 e. The zero-order valence-corrected chi connectivity index (χ0v) is 16.5. The second kappa shape index (κ2) is 7.76. The molecule has 0 bridgehead atoms. The monoisotopic (exact) mass is 471 g/mol. The number of fused-ring (bicyclic) bond motifs is 1. The van der Waals surface area contributed by atoms with Crippen LogP contribution in [0, 0.1) is 0 Å². The van der Waals surface area contributed by atoms with Crippen LogP contribution < -0.4 is 16.9 Å². The minimum atomic E-state index is -4.53. The molecule has 0 saturated heterocycles. The van der Waals surface area contributed by atoms with E-state index in [-0.39, 0.29) is 23.7 Å². The summed E-state index contributed by atoms with van der Waals surface area (Å²) in [6.07, 6.45) is -4.59. The second-order valence-electron chi connectivity index (χ2n) is 5.75. The first kappa shape index (κ1) is 20.1. The number of nitrogens with one attached hydrogen (secondary N) is 1. The maximum Gasteiger partial charge on any atom is 0.433 e. The van der Waals surface area contributed by atoms with Gasteiger partial charge in [-0.05, 0) is 33.6 Å². The van der Waals surface area contributed by atoms with E-state index in [1.165, 1.54) is 23.5 Å². The number of nitrogens with two attached hydrogens (primary N) is 2. The molecule has 0 unspecified atom stereocenters. The molecule has 2 heterocycles. The Labute approximate surface area is 169 Å². The molecule has 0 aliphatic carbocycles. The van der Waals surface area contributed by atoms with E-state index in [2.05, 4.69) is 31.3 Å². The molecule has 28 heavy (non-hydrogen) atoms. The smallest absolute Gasteiger partial charge is 0.382 e. The highest BCUT2D eigenvalue weighted by Gasteiger charge is 2.32. The predicted octanol–water partition coefficient (Wildman–Crippen LogP) is 3.84. The van der Waals surface area contributed by atoms with Crippen molar-refractivity contribution >= 4 is 54.9 Å². The summed E-state index contributed by atoms with van der Waals surface area (Å²) in [4.78, 5) is 16.0. The van der Waals surface area contributed by atoms with E-state index in [0.717, 1.165) is 6.07 Å². The standard InChI is InChI=1S/C17H13BrF3N5OS/c18-10-7-28-16(14(10)15(22)26-23)25-13(27)6-8-1-2-9-3-4-12(17(19,20)21)24-11(9)5-8/h1-5,7H,6,23H2,(H2,22,26)(H,25,27). The van der Waals surface area contributed by atoms with E-state index in [9.17, 15) is 18.0 Å². The number of alkyl halides is 3. The van der Waals surface area contributed by atoms with Crippen molar-refractivity contribution in [2.75, 3.05) is 5.32 Å². The van der Waals surface area contributed by atoms with Gasteiger partial charge < -0.3 is 16.9 Å². The predicted molar refractivity (Wildman–Crippen MR) is 106 cm³/mol. The summed E-state index contributed by atoms with van der Waals surface area (Å²) in [5.41, 5.74) is 5.91. The fraction of sp³-hybridized carbons (Fsp3) is 0.118. The first-order valence-corrected chi connectivity index (χ1v) is 9.43. The molecule has 11 heteroatoms. The summed E-state index contributed by atoms with van der Waals surface area (Å²) in [6.45, 7) is 0. The average Bonchev–Trinajstić information content (AvgIpc) is 2.99. The SMILES string of the molecule is N/N=C(\N)c1c(Br)csc1NC(=O)Cc1ccc2ccc(C(F)(F)F)nc2c1. The van der Waals surface area contributed by atoms with Gasteiger partial charge in [0.15, 0.2) is 5.84 Å². The molecule has 0 spiro atoms. The number of anilines is 1. The highest BCUT2D eigenvalue weighted by molar-refractivity contribution is 9.10. The van der Waals surface area contributed by atoms with Crippen LogP contribution in [0.15, 0.2) is 45.3 Å². The summed E-state index contributed by atoms with van der Waals surface area (Å²) in [6, 6.07) is 7.02. The topological polar surface area (TPSA) is 106 Å². The molecule has 3 aromatic rings. The van der Waals surface area contributed by atoms with Crippen molar-refractivity contribution < 1.29 is 18.0 Å². The quantitative estimate of drug-likeness (QED) is 0.232. The number of rotatable bonds is 4. The molecular formula is C17H13BrF3N5OS. The minimum absolute atomic E-state index is 0.0531. The number of amides is 1. The molecule has 0 atom stereocenters. The summed E-state index contributed by atoms with van der Waals surface area (Å²) >= 11 is 4.54. The molecule has 5 N–H and O–H groups in total. The number of hydrogen-bond acceptors (Lipinski definition) is 5. The van der Waals surface area contributed by atoms with Crippen LogP contribution in [-0.2, 0) is 17.4 Å². The summed E-state index contributed by atoms with van der Waals surface area (Å²) in [5, 5.41) is 8.87. The van der Waals surface area contributed by atoms with Gasteiger partial charge in [-0.3, -0.25) is 4.79 Å². The van der Waals surface area contributed by atoms with Crippen LogP contribution in [0.3, 0.4) is 0 Å². The lowest BCUT2D eigenvalue weighted by Crippen LogP contribution is -2.20. The van der Waals surface area contributed by atoms with E-state index in [1.54, 1.807) is 17.5 Å². The van der Waals surface area contributed by atoms with E-state index >= 15 is 0 Å².